The smallest absolute Gasteiger partial charge is 0.339 e. The van der Waals surface area contributed by atoms with Crippen molar-refractivity contribution in [2.75, 3.05) is 32.1 Å². The first kappa shape index (κ1) is 22.3. The van der Waals surface area contributed by atoms with Crippen LogP contribution in [-0.4, -0.2) is 57.1 Å². The van der Waals surface area contributed by atoms with E-state index < -0.39 is 22.0 Å². The summed E-state index contributed by atoms with van der Waals surface area (Å²) < 4.78 is 35.5. The van der Waals surface area contributed by atoms with Gasteiger partial charge in [-0.25, -0.2) is 4.79 Å². The number of aryl methyl sites for hydroxylation is 1. The molecule has 0 fully saturated rings. The molecule has 2 aromatic carbocycles. The zero-order valence-corrected chi connectivity index (χ0v) is 17.8. The Morgan fingerprint density at radius 1 is 1.19 bits per heavy atom. The fourth-order valence-electron chi connectivity index (χ4n) is 3.09. The number of benzene rings is 2. The molecule has 10 heteroatoms. The normalized spacial score (nSPS) is 14.0. The van der Waals surface area contributed by atoms with Crippen LogP contribution in [0.15, 0.2) is 64.7 Å². The number of esters is 1. The van der Waals surface area contributed by atoms with Gasteiger partial charge in [0.05, 0.1) is 25.8 Å². The van der Waals surface area contributed by atoms with Crippen LogP contribution in [0.2, 0.25) is 0 Å². The number of aliphatic hydroxyl groups is 1. The number of methoxy groups -OCH3 is 1. The van der Waals surface area contributed by atoms with E-state index >= 15 is 0 Å². The lowest BCUT2D eigenvalue weighted by atomic mass is 10.2. The molecule has 0 saturated carbocycles. The average Bonchev–Trinajstić information content (AvgIpc) is 3.05. The van der Waals surface area contributed by atoms with E-state index in [1.807, 2.05) is 0 Å². The van der Waals surface area contributed by atoms with E-state index in [0.717, 1.165) is 0 Å². The van der Waals surface area contributed by atoms with Gasteiger partial charge in [0.2, 0.25) is 0 Å². The van der Waals surface area contributed by atoms with Gasteiger partial charge in [0.1, 0.15) is 16.3 Å². The van der Waals surface area contributed by atoms with E-state index in [4.69, 9.17) is 14.0 Å². The van der Waals surface area contributed by atoms with Crippen molar-refractivity contribution in [1.82, 2.24) is 4.90 Å². The van der Waals surface area contributed by atoms with Gasteiger partial charge in [-0.1, -0.05) is 24.3 Å². The number of amides is 1. The number of rotatable bonds is 8. The third-order valence-corrected chi connectivity index (χ3v) is 6.02. The molecular weight excluding hydrogens is 424 g/mol. The number of hydrogen-bond acceptors (Lipinski definition) is 8. The van der Waals surface area contributed by atoms with Crippen molar-refractivity contribution in [3.8, 4) is 5.75 Å². The Morgan fingerprint density at radius 3 is 2.55 bits per heavy atom. The summed E-state index contributed by atoms with van der Waals surface area (Å²) in [6.07, 6.45) is 0. The molecule has 2 N–H and O–H groups in total. The third kappa shape index (κ3) is 4.86. The molecule has 2 aromatic rings. The maximum absolute atomic E-state index is 12.8. The monoisotopic (exact) mass is 446 g/mol. The summed E-state index contributed by atoms with van der Waals surface area (Å²) >= 11 is 0. The lowest BCUT2D eigenvalue weighted by Crippen LogP contribution is -2.31. The molecule has 0 bridgehead atoms. The number of para-hydroxylation sites is 1. The van der Waals surface area contributed by atoms with Gasteiger partial charge in [0.25, 0.3) is 5.91 Å². The van der Waals surface area contributed by atoms with Crippen molar-refractivity contribution >= 4 is 27.7 Å². The van der Waals surface area contributed by atoms with Crippen LogP contribution in [0.1, 0.15) is 5.56 Å². The van der Waals surface area contributed by atoms with Crippen LogP contribution in [-0.2, 0) is 24.4 Å². The molecule has 0 saturated heterocycles. The summed E-state index contributed by atoms with van der Waals surface area (Å²) in [5.41, 5.74) is 0.780. The van der Waals surface area contributed by atoms with Crippen molar-refractivity contribution in [2.24, 2.45) is 0 Å². The lowest BCUT2D eigenvalue weighted by molar-refractivity contribution is -0.136. The third-order valence-electron chi connectivity index (χ3n) is 4.63. The van der Waals surface area contributed by atoms with Gasteiger partial charge in [-0.2, -0.15) is 8.42 Å². The second-order valence-electron chi connectivity index (χ2n) is 6.75. The Bertz CT molecular complexity index is 1130. The van der Waals surface area contributed by atoms with Crippen LogP contribution in [0.5, 0.6) is 5.75 Å². The first-order chi connectivity index (χ1) is 14.8. The average molecular weight is 446 g/mol. The molecular formula is C21H22N2O7S. The van der Waals surface area contributed by atoms with Crippen LogP contribution in [0.4, 0.5) is 5.69 Å². The largest absolute Gasteiger partial charge is 0.466 e. The number of nitrogens with one attached hydrogen (secondary N) is 1. The molecule has 1 aliphatic heterocycles. The molecule has 31 heavy (non-hydrogen) atoms. The highest BCUT2D eigenvalue weighted by Gasteiger charge is 2.34. The Labute approximate surface area is 180 Å². The maximum atomic E-state index is 12.8. The molecule has 0 radical (unpaired) electrons. The minimum atomic E-state index is -4.14. The second-order valence-corrected chi connectivity index (χ2v) is 8.27. The van der Waals surface area contributed by atoms with E-state index in [0.29, 0.717) is 5.56 Å². The molecule has 9 nitrogen and oxygen atoms in total. The number of aliphatic hydroxyl groups excluding tert-OH is 1. The van der Waals surface area contributed by atoms with Crippen molar-refractivity contribution in [1.29, 1.82) is 0 Å². The molecule has 0 unspecified atom stereocenters. The number of carbonyl (C=O) groups is 2. The number of hydrogen-bond donors (Lipinski definition) is 2. The highest BCUT2D eigenvalue weighted by Crippen LogP contribution is 2.27. The van der Waals surface area contributed by atoms with E-state index in [9.17, 15) is 18.0 Å². The fraction of sp³-hybridized carbons (Fsp3) is 0.238. The predicted molar refractivity (Wildman–Crippen MR) is 112 cm³/mol. The molecule has 1 aliphatic rings. The summed E-state index contributed by atoms with van der Waals surface area (Å²) in [6, 6.07) is 12.6. The SMILES string of the molecule is COC(=O)C1=C(Nc2ccc(C)c(S(=O)(=O)Oc3ccccc3)c2)C(=O)N(CCO)C1. The summed E-state index contributed by atoms with van der Waals surface area (Å²) in [5.74, 6) is -1.02. The van der Waals surface area contributed by atoms with Crippen molar-refractivity contribution in [2.45, 2.75) is 11.8 Å². The maximum Gasteiger partial charge on any atom is 0.339 e. The zero-order valence-electron chi connectivity index (χ0n) is 17.0. The van der Waals surface area contributed by atoms with E-state index in [2.05, 4.69) is 5.32 Å². The quantitative estimate of drug-likeness (QED) is 0.461. The Balaban J connectivity index is 1.93. The second kappa shape index (κ2) is 9.19. The van der Waals surface area contributed by atoms with Crippen LogP contribution in [0.3, 0.4) is 0 Å². The predicted octanol–water partition coefficient (Wildman–Crippen LogP) is 1.44. The van der Waals surface area contributed by atoms with Crippen LogP contribution >= 0.6 is 0 Å². The van der Waals surface area contributed by atoms with Gasteiger partial charge in [0, 0.05) is 12.2 Å². The molecule has 0 atom stereocenters. The van der Waals surface area contributed by atoms with Crippen molar-refractivity contribution in [3.63, 3.8) is 0 Å². The standard InChI is InChI=1S/C21H22N2O7S/c1-14-8-9-15(12-18(14)31(27,28)30-16-6-4-3-5-7-16)22-19-17(21(26)29-2)13-23(10-11-24)20(19)25/h3-9,12,22,24H,10-11,13H2,1-2H3. The van der Waals surface area contributed by atoms with Crippen LogP contribution < -0.4 is 9.50 Å². The van der Waals surface area contributed by atoms with Crippen molar-refractivity contribution < 1.29 is 32.0 Å². The van der Waals surface area contributed by atoms with E-state index in [-0.39, 0.29) is 47.3 Å². The van der Waals surface area contributed by atoms with Crippen LogP contribution in [0, 0.1) is 6.92 Å². The zero-order chi connectivity index (χ0) is 22.6. The van der Waals surface area contributed by atoms with E-state index in [1.165, 1.54) is 30.2 Å². The number of ether oxygens (including phenoxy) is 1. The van der Waals surface area contributed by atoms with Gasteiger partial charge in [0.15, 0.2) is 0 Å². The first-order valence-corrected chi connectivity index (χ1v) is 10.8. The summed E-state index contributed by atoms with van der Waals surface area (Å²) in [7, 11) is -2.95. The van der Waals surface area contributed by atoms with Gasteiger partial charge in [-0.3, -0.25) is 4.79 Å². The number of carbonyl (C=O) groups excluding carboxylic acids is 2. The minimum Gasteiger partial charge on any atom is -0.466 e. The topological polar surface area (TPSA) is 122 Å². The number of β-amino-alcohol motifs (C(OH)–C–C–N with tert-alkyl or cyclic N) is 1. The molecule has 3 rings (SSSR count). The Kier molecular flexibility index (Phi) is 6.62. The Morgan fingerprint density at radius 2 is 1.90 bits per heavy atom. The molecule has 0 aromatic heterocycles. The first-order valence-electron chi connectivity index (χ1n) is 9.35. The lowest BCUT2D eigenvalue weighted by Gasteiger charge is -2.15. The molecule has 1 amide bonds. The van der Waals surface area contributed by atoms with E-state index in [1.54, 1.807) is 37.3 Å². The molecule has 0 aliphatic carbocycles. The fourth-order valence-corrected chi connectivity index (χ4v) is 4.28. The van der Waals surface area contributed by atoms with Crippen molar-refractivity contribution in [3.05, 3.63) is 65.4 Å². The molecule has 1 heterocycles. The highest BCUT2D eigenvalue weighted by molar-refractivity contribution is 7.87. The van der Waals surface area contributed by atoms with Gasteiger partial charge in [-0.05, 0) is 36.8 Å². The minimum absolute atomic E-state index is 0.0253. The summed E-state index contributed by atoms with van der Waals surface area (Å²) in [6.45, 7) is 1.37. The summed E-state index contributed by atoms with van der Waals surface area (Å²) in [4.78, 5) is 26.0. The number of anilines is 1. The summed E-state index contributed by atoms with van der Waals surface area (Å²) in [5, 5.41) is 12.0. The van der Waals surface area contributed by atoms with Gasteiger partial charge >= 0.3 is 16.1 Å². The molecule has 0 spiro atoms. The number of nitrogens with zero attached hydrogens (tertiary/aromatic N) is 1. The van der Waals surface area contributed by atoms with Gasteiger partial charge < -0.3 is 24.2 Å². The van der Waals surface area contributed by atoms with Crippen LogP contribution in [0.25, 0.3) is 0 Å². The molecule has 164 valence electrons. The highest BCUT2D eigenvalue weighted by atomic mass is 32.2. The Hall–Kier alpha value is -3.37. The van der Waals surface area contributed by atoms with Gasteiger partial charge in [-0.15, -0.1) is 0 Å².